The third-order valence-corrected chi connectivity index (χ3v) is 7.13. The first-order valence-corrected chi connectivity index (χ1v) is 13.9. The molecule has 43 heavy (non-hydrogen) atoms. The third-order valence-electron chi connectivity index (χ3n) is 7.13. The summed E-state index contributed by atoms with van der Waals surface area (Å²) >= 11 is 0. The van der Waals surface area contributed by atoms with Gasteiger partial charge in [-0.05, 0) is 70.2 Å². The van der Waals surface area contributed by atoms with Crippen LogP contribution in [0.5, 0.6) is 17.2 Å². The van der Waals surface area contributed by atoms with Crippen molar-refractivity contribution in [2.45, 2.75) is 50.8 Å². The van der Waals surface area contributed by atoms with Crippen molar-refractivity contribution in [3.05, 3.63) is 77.1 Å². The van der Waals surface area contributed by atoms with Crippen LogP contribution in [-0.4, -0.2) is 57.4 Å². The molecule has 0 atom stereocenters. The molecule has 4 rings (SSSR count). The highest BCUT2D eigenvalue weighted by molar-refractivity contribution is 6.07. The molecule has 1 aliphatic carbocycles. The SMILES string of the molecule is C=Nc1c(OC)cccc1C(N=CNNC)=NCc1ccc(OC)cc1OC.CC(C)(O)c1ccc(C2(N)CCC2)nc1. The molecule has 11 nitrogen and oxygen atoms in total. The Morgan fingerprint density at radius 1 is 1.09 bits per heavy atom. The van der Waals surface area contributed by atoms with Crippen LogP contribution in [0.2, 0.25) is 0 Å². The molecule has 0 unspecified atom stereocenters. The molecule has 1 fully saturated rings. The summed E-state index contributed by atoms with van der Waals surface area (Å²) in [6, 6.07) is 15.0. The standard InChI is InChI=1S/C20H25N5O3.C12H18N2O/c1-21-19-16(7-6-8-17(19)27-4)20(24-13-25-22-2)23-12-14-9-10-15(26-3)11-18(14)28-5;1-11(2,15)9-4-5-10(14-8-9)12(13)6-3-7-12/h6-11,13,22H,1,12H2,2-5H3,(H,23,24,25);4-5,8,15H,3,6-7,13H2,1-2H3. The summed E-state index contributed by atoms with van der Waals surface area (Å²) in [5, 5.41) is 9.78. The number of hydrazine groups is 1. The predicted molar refractivity (Wildman–Crippen MR) is 172 cm³/mol. The number of hydrogen-bond acceptors (Lipinski definition) is 9. The van der Waals surface area contributed by atoms with Crippen LogP contribution in [0.3, 0.4) is 0 Å². The van der Waals surface area contributed by atoms with Gasteiger partial charge in [0.2, 0.25) is 0 Å². The first-order valence-electron chi connectivity index (χ1n) is 13.9. The van der Waals surface area contributed by atoms with Gasteiger partial charge in [-0.2, -0.15) is 0 Å². The Morgan fingerprint density at radius 3 is 2.37 bits per heavy atom. The number of pyridine rings is 1. The largest absolute Gasteiger partial charge is 0.497 e. The van der Waals surface area contributed by atoms with Crippen LogP contribution in [0.1, 0.15) is 55.5 Å². The van der Waals surface area contributed by atoms with Crippen LogP contribution in [0.4, 0.5) is 5.69 Å². The lowest BCUT2D eigenvalue weighted by Crippen LogP contribution is -2.44. The van der Waals surface area contributed by atoms with Gasteiger partial charge in [-0.25, -0.2) is 10.4 Å². The van der Waals surface area contributed by atoms with Crippen LogP contribution in [0.15, 0.2) is 69.7 Å². The number of benzene rings is 2. The zero-order chi connectivity index (χ0) is 31.5. The summed E-state index contributed by atoms with van der Waals surface area (Å²) in [6.45, 7) is 7.51. The number of amidine groups is 1. The Labute approximate surface area is 253 Å². The maximum atomic E-state index is 9.78. The molecule has 1 heterocycles. The van der Waals surface area contributed by atoms with Gasteiger partial charge in [0.1, 0.15) is 29.3 Å². The molecule has 3 aromatic rings. The van der Waals surface area contributed by atoms with E-state index >= 15 is 0 Å². The number of ether oxygens (including phenoxy) is 3. The van der Waals surface area contributed by atoms with Gasteiger partial charge in [0.25, 0.3) is 0 Å². The molecule has 230 valence electrons. The summed E-state index contributed by atoms with van der Waals surface area (Å²) in [5.74, 6) is 2.47. The Kier molecular flexibility index (Phi) is 11.8. The van der Waals surface area contributed by atoms with Gasteiger partial charge < -0.3 is 30.5 Å². The fraction of sp³-hybridized carbons (Fsp3) is 0.375. The predicted octanol–water partition coefficient (Wildman–Crippen LogP) is 4.39. The average Bonchev–Trinajstić information content (AvgIpc) is 3.01. The molecule has 1 aromatic heterocycles. The number of methoxy groups -OCH3 is 3. The van der Waals surface area contributed by atoms with Crippen LogP contribution < -0.4 is 30.8 Å². The Balaban J connectivity index is 0.000000282. The molecule has 0 saturated heterocycles. The second-order valence-electron chi connectivity index (χ2n) is 10.5. The number of rotatable bonds is 11. The Hall–Kier alpha value is -4.32. The second kappa shape index (κ2) is 15.2. The van der Waals surface area contributed by atoms with E-state index < -0.39 is 5.60 Å². The number of hydrogen-bond donors (Lipinski definition) is 4. The fourth-order valence-corrected chi connectivity index (χ4v) is 4.39. The van der Waals surface area contributed by atoms with Gasteiger partial charge in [0, 0.05) is 36.0 Å². The quantitative estimate of drug-likeness (QED) is 0.146. The second-order valence-corrected chi connectivity index (χ2v) is 10.5. The molecule has 0 radical (unpaired) electrons. The average molecular weight is 590 g/mol. The molecule has 5 N–H and O–H groups in total. The number of nitrogens with one attached hydrogen (secondary N) is 2. The normalized spacial score (nSPS) is 14.3. The third kappa shape index (κ3) is 8.60. The number of aliphatic imine (C=N–C) groups is 3. The van der Waals surface area contributed by atoms with Crippen LogP contribution in [0, 0.1) is 0 Å². The van der Waals surface area contributed by atoms with Gasteiger partial charge in [0.15, 0.2) is 5.84 Å². The lowest BCUT2D eigenvalue weighted by Gasteiger charge is -2.37. The molecular weight excluding hydrogens is 546 g/mol. The number of para-hydroxylation sites is 1. The molecule has 0 bridgehead atoms. The number of aliphatic hydroxyl groups is 1. The van der Waals surface area contributed by atoms with E-state index in [1.807, 2.05) is 48.5 Å². The summed E-state index contributed by atoms with van der Waals surface area (Å²) in [7, 11) is 6.55. The Bertz CT molecular complexity index is 1410. The number of aromatic nitrogens is 1. The topological polar surface area (TPSA) is 148 Å². The van der Waals surface area contributed by atoms with Crippen molar-refractivity contribution in [3.8, 4) is 17.2 Å². The highest BCUT2D eigenvalue weighted by Crippen LogP contribution is 2.38. The number of nitrogens with two attached hydrogens (primary N) is 1. The summed E-state index contributed by atoms with van der Waals surface area (Å²) in [6.07, 6.45) is 6.45. The highest BCUT2D eigenvalue weighted by Gasteiger charge is 2.35. The molecule has 2 aromatic carbocycles. The van der Waals surface area contributed by atoms with E-state index in [1.54, 1.807) is 48.4 Å². The van der Waals surface area contributed by atoms with E-state index in [0.717, 1.165) is 29.7 Å². The minimum Gasteiger partial charge on any atom is -0.497 e. The Morgan fingerprint density at radius 2 is 1.84 bits per heavy atom. The van der Waals surface area contributed by atoms with Crippen molar-refractivity contribution in [3.63, 3.8) is 0 Å². The van der Waals surface area contributed by atoms with E-state index in [1.165, 1.54) is 12.8 Å². The van der Waals surface area contributed by atoms with Crippen LogP contribution >= 0.6 is 0 Å². The number of nitrogens with zero attached hydrogens (tertiary/aromatic N) is 4. The van der Waals surface area contributed by atoms with Gasteiger partial charge in [-0.15, -0.1) is 0 Å². The molecule has 0 amide bonds. The minimum absolute atomic E-state index is 0.210. The van der Waals surface area contributed by atoms with Crippen molar-refractivity contribution >= 4 is 24.6 Å². The van der Waals surface area contributed by atoms with Gasteiger partial charge in [-0.3, -0.25) is 15.0 Å². The van der Waals surface area contributed by atoms with Crippen molar-refractivity contribution in [1.29, 1.82) is 0 Å². The van der Waals surface area contributed by atoms with Crippen molar-refractivity contribution in [2.24, 2.45) is 20.7 Å². The van der Waals surface area contributed by atoms with Crippen molar-refractivity contribution in [1.82, 2.24) is 15.8 Å². The molecule has 1 saturated carbocycles. The fourth-order valence-electron chi connectivity index (χ4n) is 4.39. The van der Waals surface area contributed by atoms with Gasteiger partial charge in [-0.1, -0.05) is 12.1 Å². The van der Waals surface area contributed by atoms with Gasteiger partial charge >= 0.3 is 0 Å². The summed E-state index contributed by atoms with van der Waals surface area (Å²) < 4.78 is 16.1. The lowest BCUT2D eigenvalue weighted by atomic mass is 9.75. The monoisotopic (exact) mass is 589 g/mol. The van der Waals surface area contributed by atoms with E-state index in [4.69, 9.17) is 19.9 Å². The maximum Gasteiger partial charge on any atom is 0.158 e. The van der Waals surface area contributed by atoms with Crippen LogP contribution in [0.25, 0.3) is 0 Å². The zero-order valence-corrected chi connectivity index (χ0v) is 25.8. The van der Waals surface area contributed by atoms with E-state index in [0.29, 0.717) is 40.9 Å². The minimum atomic E-state index is -0.826. The molecule has 0 aliphatic heterocycles. The lowest BCUT2D eigenvalue weighted by molar-refractivity contribution is 0.0780. The first kappa shape index (κ1) is 33.2. The van der Waals surface area contributed by atoms with Crippen molar-refractivity contribution < 1.29 is 19.3 Å². The molecule has 0 spiro atoms. The first-order chi connectivity index (χ1) is 20.6. The van der Waals surface area contributed by atoms with Crippen LogP contribution in [-0.2, 0) is 17.7 Å². The molecule has 1 aliphatic rings. The highest BCUT2D eigenvalue weighted by atomic mass is 16.5. The van der Waals surface area contributed by atoms with E-state index in [2.05, 4.69) is 37.5 Å². The molecular formula is C32H43N7O4. The van der Waals surface area contributed by atoms with E-state index in [-0.39, 0.29) is 5.54 Å². The van der Waals surface area contributed by atoms with E-state index in [9.17, 15) is 5.11 Å². The smallest absolute Gasteiger partial charge is 0.158 e. The summed E-state index contributed by atoms with van der Waals surface area (Å²) in [4.78, 5) is 17.5. The molecule has 11 heteroatoms. The van der Waals surface area contributed by atoms with Crippen molar-refractivity contribution in [2.75, 3.05) is 28.4 Å². The summed E-state index contributed by atoms with van der Waals surface area (Å²) in [5.41, 5.74) is 14.7. The van der Waals surface area contributed by atoms with Gasteiger partial charge in [0.05, 0.1) is 44.7 Å². The zero-order valence-electron chi connectivity index (χ0n) is 25.8. The maximum absolute atomic E-state index is 9.78.